The number of nitrogens with zero attached hydrogens (tertiary/aromatic N) is 5. The van der Waals surface area contributed by atoms with Crippen LogP contribution in [-0.4, -0.2) is 34.5 Å². The molecule has 4 aromatic rings. The molecule has 9 nitrogen and oxygen atoms in total. The van der Waals surface area contributed by atoms with Crippen molar-refractivity contribution in [3.63, 3.8) is 0 Å². The lowest BCUT2D eigenvalue weighted by atomic mass is 10.2. The van der Waals surface area contributed by atoms with Gasteiger partial charge in [0.05, 0.1) is 11.9 Å². The number of pyridine rings is 1. The number of halogens is 1. The van der Waals surface area contributed by atoms with E-state index < -0.39 is 12.9 Å². The Bertz CT molecular complexity index is 1240. The summed E-state index contributed by atoms with van der Waals surface area (Å²) in [7, 11) is -4.59. The zero-order chi connectivity index (χ0) is 19.9. The van der Waals surface area contributed by atoms with E-state index in [9.17, 15) is 18.7 Å². The molecular weight excluding hydrogens is 386 g/mol. The molecule has 11 heteroatoms. The standard InChI is InChI=1S/C17H14FN6O3P/c18-12-6-2-1-4-10(12)9-24-17-11(5-3-7-20-17)14(23-24)16-21-8-13(15(19)22-16)28(25,26)27/h1-8H,9H2,(H2,19,21,22)(H2,25,26,27). The summed E-state index contributed by atoms with van der Waals surface area (Å²) in [6, 6.07) is 9.79. The van der Waals surface area contributed by atoms with Crippen LogP contribution < -0.4 is 11.0 Å². The van der Waals surface area contributed by atoms with Crippen LogP contribution in [0.1, 0.15) is 5.56 Å². The second kappa shape index (κ2) is 6.75. The van der Waals surface area contributed by atoms with Crippen molar-refractivity contribution in [2.75, 3.05) is 5.73 Å². The fourth-order valence-electron chi connectivity index (χ4n) is 2.80. The summed E-state index contributed by atoms with van der Waals surface area (Å²) < 4.78 is 27.0. The summed E-state index contributed by atoms with van der Waals surface area (Å²) in [6.07, 6.45) is 2.56. The van der Waals surface area contributed by atoms with E-state index in [2.05, 4.69) is 20.1 Å². The molecule has 0 spiro atoms. The highest BCUT2D eigenvalue weighted by Crippen LogP contribution is 2.35. The first-order chi connectivity index (χ1) is 13.3. The fraction of sp³-hybridized carbons (Fsp3) is 0.0588. The molecule has 0 amide bonds. The van der Waals surface area contributed by atoms with Gasteiger partial charge in [-0.15, -0.1) is 0 Å². The number of hydrogen-bond acceptors (Lipinski definition) is 6. The van der Waals surface area contributed by atoms with Gasteiger partial charge in [0.25, 0.3) is 0 Å². The van der Waals surface area contributed by atoms with Crippen molar-refractivity contribution < 1.29 is 18.7 Å². The predicted octanol–water partition coefficient (Wildman–Crippen LogP) is 1.46. The van der Waals surface area contributed by atoms with E-state index in [-0.39, 0.29) is 24.0 Å². The third kappa shape index (κ3) is 3.24. The Hall–Kier alpha value is -3.20. The first kappa shape index (κ1) is 18.2. The average molecular weight is 400 g/mol. The van der Waals surface area contributed by atoms with E-state index in [0.29, 0.717) is 22.3 Å². The maximum absolute atomic E-state index is 14.0. The minimum Gasteiger partial charge on any atom is -0.383 e. The molecule has 28 heavy (non-hydrogen) atoms. The molecule has 0 fully saturated rings. The van der Waals surface area contributed by atoms with Crippen LogP contribution in [0.4, 0.5) is 10.2 Å². The van der Waals surface area contributed by atoms with Crippen LogP contribution in [0.25, 0.3) is 22.6 Å². The maximum atomic E-state index is 14.0. The van der Waals surface area contributed by atoms with Gasteiger partial charge >= 0.3 is 7.60 Å². The maximum Gasteiger partial charge on any atom is 0.361 e. The van der Waals surface area contributed by atoms with Gasteiger partial charge in [-0.2, -0.15) is 5.10 Å². The highest BCUT2D eigenvalue weighted by atomic mass is 31.2. The van der Waals surface area contributed by atoms with E-state index >= 15 is 0 Å². The molecule has 0 aliphatic rings. The van der Waals surface area contributed by atoms with E-state index in [1.807, 2.05) is 0 Å². The SMILES string of the molecule is Nc1nc(-c2nn(Cc3ccccc3F)c3ncccc23)ncc1P(=O)(O)O. The second-order valence-corrected chi connectivity index (χ2v) is 7.55. The lowest BCUT2D eigenvalue weighted by molar-refractivity contribution is 0.387. The van der Waals surface area contributed by atoms with Crippen molar-refractivity contribution in [2.24, 2.45) is 0 Å². The van der Waals surface area contributed by atoms with Crippen molar-refractivity contribution >= 4 is 29.8 Å². The number of benzene rings is 1. The third-order valence-electron chi connectivity index (χ3n) is 4.11. The molecule has 142 valence electrons. The average Bonchev–Trinajstić information content (AvgIpc) is 3.01. The molecule has 3 heterocycles. The largest absolute Gasteiger partial charge is 0.383 e. The Morgan fingerprint density at radius 2 is 1.93 bits per heavy atom. The highest BCUT2D eigenvalue weighted by molar-refractivity contribution is 7.60. The topological polar surface area (TPSA) is 140 Å². The van der Waals surface area contributed by atoms with Crippen LogP contribution in [0.2, 0.25) is 0 Å². The third-order valence-corrected chi connectivity index (χ3v) is 5.08. The van der Waals surface area contributed by atoms with E-state index in [1.165, 1.54) is 10.7 Å². The van der Waals surface area contributed by atoms with Gasteiger partial charge in [-0.05, 0) is 18.2 Å². The molecule has 0 saturated carbocycles. The van der Waals surface area contributed by atoms with Gasteiger partial charge in [-0.3, -0.25) is 4.57 Å². The van der Waals surface area contributed by atoms with Gasteiger partial charge in [0.2, 0.25) is 0 Å². The van der Waals surface area contributed by atoms with Gasteiger partial charge in [-0.25, -0.2) is 24.0 Å². The molecule has 0 unspecified atom stereocenters. The van der Waals surface area contributed by atoms with E-state index in [1.54, 1.807) is 36.5 Å². The minimum absolute atomic E-state index is 0.0833. The molecule has 3 aromatic heterocycles. The van der Waals surface area contributed by atoms with Crippen molar-refractivity contribution in [1.82, 2.24) is 24.7 Å². The lowest BCUT2D eigenvalue weighted by Crippen LogP contribution is -2.14. The predicted molar refractivity (Wildman–Crippen MR) is 100 cm³/mol. The summed E-state index contributed by atoms with van der Waals surface area (Å²) in [6.45, 7) is 0.135. The van der Waals surface area contributed by atoms with Crippen LogP contribution in [0.3, 0.4) is 0 Å². The number of nitrogen functional groups attached to an aromatic ring is 1. The van der Waals surface area contributed by atoms with Crippen molar-refractivity contribution in [2.45, 2.75) is 6.54 Å². The Morgan fingerprint density at radius 1 is 1.14 bits per heavy atom. The molecule has 0 radical (unpaired) electrons. The number of hydrogen-bond donors (Lipinski definition) is 3. The summed E-state index contributed by atoms with van der Waals surface area (Å²) in [5, 5.41) is 4.59. The van der Waals surface area contributed by atoms with Crippen molar-refractivity contribution in [3.05, 3.63) is 60.2 Å². The molecule has 0 aliphatic carbocycles. The minimum atomic E-state index is -4.59. The molecule has 1 aromatic carbocycles. The second-order valence-electron chi connectivity index (χ2n) is 5.98. The monoisotopic (exact) mass is 400 g/mol. The molecule has 0 saturated heterocycles. The number of fused-ring (bicyclic) bond motifs is 1. The first-order valence-electron chi connectivity index (χ1n) is 8.08. The molecule has 4 N–H and O–H groups in total. The smallest absolute Gasteiger partial charge is 0.361 e. The number of aromatic nitrogens is 5. The van der Waals surface area contributed by atoms with Crippen LogP contribution in [-0.2, 0) is 11.1 Å². The Balaban J connectivity index is 1.84. The molecule has 0 bridgehead atoms. The zero-order valence-electron chi connectivity index (χ0n) is 14.3. The van der Waals surface area contributed by atoms with Gasteiger partial charge in [0, 0.05) is 18.0 Å². The molecular formula is C17H14FN6O3P. The number of nitrogens with two attached hydrogens (primary N) is 1. The van der Waals surface area contributed by atoms with Crippen LogP contribution >= 0.6 is 7.60 Å². The zero-order valence-corrected chi connectivity index (χ0v) is 15.2. The van der Waals surface area contributed by atoms with Crippen LogP contribution in [0.15, 0.2) is 48.8 Å². The van der Waals surface area contributed by atoms with Crippen molar-refractivity contribution in [1.29, 1.82) is 0 Å². The molecule has 4 rings (SSSR count). The van der Waals surface area contributed by atoms with Gasteiger partial charge < -0.3 is 15.5 Å². The summed E-state index contributed by atoms with van der Waals surface area (Å²) in [5.74, 6) is -0.617. The van der Waals surface area contributed by atoms with Gasteiger partial charge in [0.1, 0.15) is 22.6 Å². The molecule has 0 atom stereocenters. The van der Waals surface area contributed by atoms with Gasteiger partial charge in [-0.1, -0.05) is 18.2 Å². The fourth-order valence-corrected chi connectivity index (χ4v) is 3.36. The molecule has 0 aliphatic heterocycles. The Labute approximate surface area is 157 Å². The first-order valence-corrected chi connectivity index (χ1v) is 9.70. The summed E-state index contributed by atoms with van der Waals surface area (Å²) in [5.41, 5.74) is 6.94. The van der Waals surface area contributed by atoms with E-state index in [0.717, 1.165) is 6.20 Å². The number of anilines is 1. The summed E-state index contributed by atoms with van der Waals surface area (Å²) >= 11 is 0. The normalized spacial score (nSPS) is 11.8. The van der Waals surface area contributed by atoms with Crippen molar-refractivity contribution in [3.8, 4) is 11.5 Å². The van der Waals surface area contributed by atoms with Crippen LogP contribution in [0.5, 0.6) is 0 Å². The Morgan fingerprint density at radius 3 is 2.64 bits per heavy atom. The lowest BCUT2D eigenvalue weighted by Gasteiger charge is -2.07. The highest BCUT2D eigenvalue weighted by Gasteiger charge is 2.24. The van der Waals surface area contributed by atoms with Crippen LogP contribution in [0, 0.1) is 5.82 Å². The van der Waals surface area contributed by atoms with E-state index in [4.69, 9.17) is 5.73 Å². The number of rotatable bonds is 4. The quantitative estimate of drug-likeness (QED) is 0.438. The van der Waals surface area contributed by atoms with Gasteiger partial charge in [0.15, 0.2) is 11.5 Å². The summed E-state index contributed by atoms with van der Waals surface area (Å²) in [4.78, 5) is 30.9. The Kier molecular flexibility index (Phi) is 4.38.